The summed E-state index contributed by atoms with van der Waals surface area (Å²) in [7, 11) is 0. The minimum Gasteiger partial charge on any atom is -0.493 e. The number of aryl methyl sites for hydroxylation is 1. The Balaban J connectivity index is 2.03. The van der Waals surface area contributed by atoms with E-state index in [4.69, 9.17) is 15.2 Å². The first-order valence-electron chi connectivity index (χ1n) is 8.10. The number of hydrogen-bond donors (Lipinski definition) is 1. The van der Waals surface area contributed by atoms with Crippen molar-refractivity contribution in [2.24, 2.45) is 5.92 Å². The maximum Gasteiger partial charge on any atom is 0.342 e. The number of esters is 1. The van der Waals surface area contributed by atoms with Crippen molar-refractivity contribution in [3.63, 3.8) is 0 Å². The predicted molar refractivity (Wildman–Crippen MR) is 89.7 cm³/mol. The number of pyridine rings is 1. The van der Waals surface area contributed by atoms with Gasteiger partial charge in [0, 0.05) is 0 Å². The van der Waals surface area contributed by atoms with Gasteiger partial charge in [0.05, 0.1) is 35.5 Å². The van der Waals surface area contributed by atoms with E-state index in [1.54, 1.807) is 13.8 Å². The summed E-state index contributed by atoms with van der Waals surface area (Å²) in [5, 5.41) is 0.695. The Morgan fingerprint density at radius 2 is 2.17 bits per heavy atom. The molecule has 1 aliphatic carbocycles. The molecule has 1 aromatic carbocycles. The van der Waals surface area contributed by atoms with E-state index in [0.29, 0.717) is 47.2 Å². The molecule has 1 fully saturated rings. The summed E-state index contributed by atoms with van der Waals surface area (Å²) < 4.78 is 11.1. The van der Waals surface area contributed by atoms with Gasteiger partial charge in [0.15, 0.2) is 0 Å². The Morgan fingerprint density at radius 1 is 1.39 bits per heavy atom. The second-order valence-corrected chi connectivity index (χ2v) is 5.96. The molecular formula is C18H22N2O3. The first-order valence-corrected chi connectivity index (χ1v) is 8.10. The molecule has 1 aliphatic rings. The molecule has 2 aromatic rings. The minimum atomic E-state index is -0.439. The SMILES string of the molecule is CCOC(=O)c1c(C)nc2cccc(OCC3CCC3)c2c1N. The maximum atomic E-state index is 12.2. The third-order valence-electron chi connectivity index (χ3n) is 4.37. The molecular weight excluding hydrogens is 292 g/mol. The van der Waals surface area contributed by atoms with E-state index >= 15 is 0 Å². The second-order valence-electron chi connectivity index (χ2n) is 5.96. The number of aromatic nitrogens is 1. The number of nitrogens with two attached hydrogens (primary N) is 1. The Bertz CT molecular complexity index is 739. The number of benzene rings is 1. The molecule has 0 amide bonds. The lowest BCUT2D eigenvalue weighted by Crippen LogP contribution is -2.19. The van der Waals surface area contributed by atoms with Crippen molar-refractivity contribution in [2.75, 3.05) is 18.9 Å². The third kappa shape index (κ3) is 2.96. The van der Waals surface area contributed by atoms with E-state index in [1.165, 1.54) is 19.3 Å². The van der Waals surface area contributed by atoms with Crippen LogP contribution in [0.4, 0.5) is 5.69 Å². The highest BCUT2D eigenvalue weighted by atomic mass is 16.5. The number of rotatable bonds is 5. The van der Waals surface area contributed by atoms with Gasteiger partial charge >= 0.3 is 5.97 Å². The molecule has 0 aliphatic heterocycles. The Labute approximate surface area is 135 Å². The Hall–Kier alpha value is -2.30. The zero-order valence-corrected chi connectivity index (χ0v) is 13.6. The van der Waals surface area contributed by atoms with Crippen molar-refractivity contribution in [1.82, 2.24) is 4.98 Å². The van der Waals surface area contributed by atoms with E-state index in [0.717, 1.165) is 5.52 Å². The summed E-state index contributed by atoms with van der Waals surface area (Å²) >= 11 is 0. The number of hydrogen-bond acceptors (Lipinski definition) is 5. The van der Waals surface area contributed by atoms with E-state index in [-0.39, 0.29) is 0 Å². The van der Waals surface area contributed by atoms with Crippen LogP contribution < -0.4 is 10.5 Å². The fourth-order valence-corrected chi connectivity index (χ4v) is 2.89. The van der Waals surface area contributed by atoms with Gasteiger partial charge in [-0.2, -0.15) is 0 Å². The number of nitrogen functional groups attached to an aromatic ring is 1. The molecule has 0 unspecified atom stereocenters. The summed E-state index contributed by atoms with van der Waals surface area (Å²) in [5.41, 5.74) is 8.31. The summed E-state index contributed by atoms with van der Waals surface area (Å²) in [5.74, 6) is 0.866. The number of fused-ring (bicyclic) bond motifs is 1. The molecule has 1 aromatic heterocycles. The van der Waals surface area contributed by atoms with Crippen molar-refractivity contribution in [2.45, 2.75) is 33.1 Å². The molecule has 0 radical (unpaired) electrons. The van der Waals surface area contributed by atoms with Gasteiger partial charge in [-0.25, -0.2) is 4.79 Å². The van der Waals surface area contributed by atoms with Crippen LogP contribution in [0, 0.1) is 12.8 Å². The number of ether oxygens (including phenoxy) is 2. The van der Waals surface area contributed by atoms with E-state index < -0.39 is 5.97 Å². The maximum absolute atomic E-state index is 12.2. The van der Waals surface area contributed by atoms with Crippen LogP contribution in [0.15, 0.2) is 18.2 Å². The van der Waals surface area contributed by atoms with Crippen LogP contribution in [0.5, 0.6) is 5.75 Å². The van der Waals surface area contributed by atoms with Gasteiger partial charge < -0.3 is 15.2 Å². The van der Waals surface area contributed by atoms with Crippen molar-refractivity contribution in [3.8, 4) is 5.75 Å². The van der Waals surface area contributed by atoms with Crippen LogP contribution in [0.1, 0.15) is 42.2 Å². The van der Waals surface area contributed by atoms with E-state index in [9.17, 15) is 4.79 Å². The number of anilines is 1. The fourth-order valence-electron chi connectivity index (χ4n) is 2.89. The lowest BCUT2D eigenvalue weighted by atomic mass is 9.86. The molecule has 1 heterocycles. The van der Waals surface area contributed by atoms with E-state index in [1.807, 2.05) is 18.2 Å². The largest absolute Gasteiger partial charge is 0.493 e. The molecule has 5 heteroatoms. The van der Waals surface area contributed by atoms with Crippen LogP contribution in [0.25, 0.3) is 10.9 Å². The highest BCUT2D eigenvalue weighted by Gasteiger charge is 2.22. The number of nitrogens with zero attached hydrogens (tertiary/aromatic N) is 1. The standard InChI is InChI=1S/C18H22N2O3/c1-3-22-18(21)15-11(2)20-13-8-5-9-14(16(13)17(15)19)23-10-12-6-4-7-12/h5,8-9,12H,3-4,6-7,10H2,1-2H3,(H2,19,20). The zero-order valence-electron chi connectivity index (χ0n) is 13.6. The third-order valence-corrected chi connectivity index (χ3v) is 4.37. The molecule has 122 valence electrons. The lowest BCUT2D eigenvalue weighted by Gasteiger charge is -2.25. The van der Waals surface area contributed by atoms with E-state index in [2.05, 4.69) is 4.98 Å². The highest BCUT2D eigenvalue weighted by molar-refractivity contribution is 6.07. The van der Waals surface area contributed by atoms with Crippen LogP contribution in [-0.2, 0) is 4.74 Å². The summed E-state index contributed by atoms with van der Waals surface area (Å²) in [6.45, 7) is 4.52. The van der Waals surface area contributed by atoms with Gasteiger partial charge in [-0.05, 0) is 44.7 Å². The average molecular weight is 314 g/mol. The van der Waals surface area contributed by atoms with Crippen molar-refractivity contribution < 1.29 is 14.3 Å². The van der Waals surface area contributed by atoms with Crippen LogP contribution >= 0.6 is 0 Å². The van der Waals surface area contributed by atoms with Gasteiger partial charge in [-0.1, -0.05) is 12.5 Å². The molecule has 0 saturated heterocycles. The normalized spacial score (nSPS) is 14.5. The van der Waals surface area contributed by atoms with Crippen molar-refractivity contribution >= 4 is 22.6 Å². The van der Waals surface area contributed by atoms with Crippen LogP contribution in [0.3, 0.4) is 0 Å². The fraction of sp³-hybridized carbons (Fsp3) is 0.444. The van der Waals surface area contributed by atoms with Crippen molar-refractivity contribution in [1.29, 1.82) is 0 Å². The smallest absolute Gasteiger partial charge is 0.342 e. The molecule has 3 rings (SSSR count). The first kappa shape index (κ1) is 15.6. The topological polar surface area (TPSA) is 74.4 Å². The van der Waals surface area contributed by atoms with Gasteiger partial charge in [0.1, 0.15) is 11.3 Å². The van der Waals surface area contributed by atoms with Crippen LogP contribution in [0.2, 0.25) is 0 Å². The highest BCUT2D eigenvalue weighted by Crippen LogP contribution is 2.35. The zero-order chi connectivity index (χ0) is 16.4. The summed E-state index contributed by atoms with van der Waals surface area (Å²) in [6, 6.07) is 5.65. The Kier molecular flexibility index (Phi) is 4.37. The van der Waals surface area contributed by atoms with Crippen LogP contribution in [-0.4, -0.2) is 24.2 Å². The summed E-state index contributed by atoms with van der Waals surface area (Å²) in [4.78, 5) is 16.7. The molecule has 5 nitrogen and oxygen atoms in total. The van der Waals surface area contributed by atoms with Crippen molar-refractivity contribution in [3.05, 3.63) is 29.5 Å². The van der Waals surface area contributed by atoms with Gasteiger partial charge in [-0.3, -0.25) is 4.98 Å². The monoisotopic (exact) mass is 314 g/mol. The van der Waals surface area contributed by atoms with Gasteiger partial charge in [0.25, 0.3) is 0 Å². The summed E-state index contributed by atoms with van der Waals surface area (Å²) in [6.07, 6.45) is 3.71. The lowest BCUT2D eigenvalue weighted by molar-refractivity contribution is 0.0526. The molecule has 0 spiro atoms. The molecule has 0 bridgehead atoms. The number of carbonyl (C=O) groups excluding carboxylic acids is 1. The van der Waals surface area contributed by atoms with Gasteiger partial charge in [-0.15, -0.1) is 0 Å². The average Bonchev–Trinajstić information content (AvgIpc) is 2.45. The molecule has 1 saturated carbocycles. The quantitative estimate of drug-likeness (QED) is 0.855. The first-order chi connectivity index (χ1) is 11.1. The van der Waals surface area contributed by atoms with Gasteiger partial charge in [0.2, 0.25) is 0 Å². The molecule has 2 N–H and O–H groups in total. The predicted octanol–water partition coefficient (Wildman–Crippen LogP) is 3.48. The Morgan fingerprint density at radius 3 is 2.83 bits per heavy atom. The second kappa shape index (κ2) is 6.44. The molecule has 23 heavy (non-hydrogen) atoms. The number of carbonyl (C=O) groups is 1. The minimum absolute atomic E-state index is 0.301. The molecule has 0 atom stereocenters.